The fraction of sp³-hybridized carbons (Fsp3) is 0.750. The summed E-state index contributed by atoms with van der Waals surface area (Å²) in [6.07, 6.45) is 0.175. The smallest absolute Gasteiger partial charge is 0.404 e. The van der Waals surface area contributed by atoms with Gasteiger partial charge in [-0.2, -0.15) is 5.26 Å². The van der Waals surface area contributed by atoms with Gasteiger partial charge in [-0.05, 0) is 13.0 Å². The maximum absolute atomic E-state index is 10.5. The highest BCUT2D eigenvalue weighted by atomic mass is 16.6. The van der Waals surface area contributed by atoms with Gasteiger partial charge in [-0.25, -0.2) is 4.79 Å². The minimum atomic E-state index is -0.755. The van der Waals surface area contributed by atoms with Gasteiger partial charge in [-0.3, -0.25) is 0 Å². The van der Waals surface area contributed by atoms with Crippen molar-refractivity contribution in [3.05, 3.63) is 0 Å². The maximum atomic E-state index is 10.5. The molecule has 0 unspecified atom stereocenters. The molecule has 2 atom stereocenters. The summed E-state index contributed by atoms with van der Waals surface area (Å²) >= 11 is 0. The predicted octanol–water partition coefficient (Wildman–Crippen LogP) is -0.0265. The van der Waals surface area contributed by atoms with Crippen LogP contribution in [0.3, 0.4) is 0 Å². The lowest BCUT2D eigenvalue weighted by atomic mass is 9.93. The number of piperidine rings is 1. The molecule has 0 radical (unpaired) electrons. The van der Waals surface area contributed by atoms with Crippen LogP contribution in [-0.4, -0.2) is 25.3 Å². The molecule has 0 aromatic heterocycles. The molecule has 1 fully saturated rings. The Labute approximate surface area is 76.8 Å². The van der Waals surface area contributed by atoms with Crippen molar-refractivity contribution in [1.29, 1.82) is 5.26 Å². The van der Waals surface area contributed by atoms with E-state index in [1.165, 1.54) is 0 Å². The fourth-order valence-corrected chi connectivity index (χ4v) is 1.52. The highest BCUT2D eigenvalue weighted by Crippen LogP contribution is 2.17. The number of hydrogen-bond donors (Lipinski definition) is 2. The standard InChI is InChI=1S/C8H13N3O2/c9-3-1-6-5-11-4-2-7(6)13-8(10)12/h6-7,11H,1-2,4-5H2,(H2,10,12)/t6-,7+/m0/s1. The second-order valence-corrected chi connectivity index (χ2v) is 3.09. The van der Waals surface area contributed by atoms with Crippen LogP contribution in [-0.2, 0) is 4.74 Å². The van der Waals surface area contributed by atoms with Crippen molar-refractivity contribution in [2.75, 3.05) is 13.1 Å². The van der Waals surface area contributed by atoms with Crippen molar-refractivity contribution < 1.29 is 9.53 Å². The zero-order valence-corrected chi connectivity index (χ0v) is 7.32. The zero-order valence-electron chi connectivity index (χ0n) is 7.32. The molecule has 1 heterocycles. The summed E-state index contributed by atoms with van der Waals surface area (Å²) in [7, 11) is 0. The molecule has 5 nitrogen and oxygen atoms in total. The van der Waals surface area contributed by atoms with Crippen LogP contribution in [0.4, 0.5) is 4.79 Å². The van der Waals surface area contributed by atoms with Gasteiger partial charge in [0.1, 0.15) is 6.10 Å². The lowest BCUT2D eigenvalue weighted by molar-refractivity contribution is 0.0510. The minimum absolute atomic E-state index is 0.0752. The molecule has 72 valence electrons. The van der Waals surface area contributed by atoms with Crippen LogP contribution in [0.15, 0.2) is 0 Å². The van der Waals surface area contributed by atoms with Crippen LogP contribution in [0.25, 0.3) is 0 Å². The van der Waals surface area contributed by atoms with Crippen LogP contribution in [0.2, 0.25) is 0 Å². The number of nitriles is 1. The van der Waals surface area contributed by atoms with Crippen LogP contribution in [0, 0.1) is 17.2 Å². The van der Waals surface area contributed by atoms with Crippen molar-refractivity contribution in [2.45, 2.75) is 18.9 Å². The summed E-state index contributed by atoms with van der Waals surface area (Å²) in [4.78, 5) is 10.5. The van der Waals surface area contributed by atoms with E-state index in [0.717, 1.165) is 13.0 Å². The second-order valence-electron chi connectivity index (χ2n) is 3.09. The van der Waals surface area contributed by atoms with Gasteiger partial charge in [0.25, 0.3) is 0 Å². The first-order chi connectivity index (χ1) is 6.24. The fourth-order valence-electron chi connectivity index (χ4n) is 1.52. The van der Waals surface area contributed by atoms with E-state index >= 15 is 0 Å². The van der Waals surface area contributed by atoms with Gasteiger partial charge in [0.15, 0.2) is 0 Å². The SMILES string of the molecule is N#CC[C@H]1CNCC[C@H]1OC(N)=O. The monoisotopic (exact) mass is 183 g/mol. The average molecular weight is 183 g/mol. The third-order valence-corrected chi connectivity index (χ3v) is 2.16. The van der Waals surface area contributed by atoms with Gasteiger partial charge in [-0.15, -0.1) is 0 Å². The Morgan fingerprint density at radius 2 is 2.54 bits per heavy atom. The Hall–Kier alpha value is -1.28. The Kier molecular flexibility index (Phi) is 3.53. The van der Waals surface area contributed by atoms with Gasteiger partial charge < -0.3 is 15.8 Å². The van der Waals surface area contributed by atoms with Crippen molar-refractivity contribution in [1.82, 2.24) is 5.32 Å². The number of nitrogens with two attached hydrogens (primary N) is 1. The Balaban J connectivity index is 2.47. The second kappa shape index (κ2) is 4.67. The Morgan fingerprint density at radius 3 is 3.15 bits per heavy atom. The number of primary amides is 1. The molecule has 13 heavy (non-hydrogen) atoms. The van der Waals surface area contributed by atoms with Crippen LogP contribution in [0.1, 0.15) is 12.8 Å². The summed E-state index contributed by atoms with van der Waals surface area (Å²) in [5.74, 6) is 0.0752. The van der Waals surface area contributed by atoms with Gasteiger partial charge in [0, 0.05) is 18.9 Å². The van der Waals surface area contributed by atoms with Gasteiger partial charge in [-0.1, -0.05) is 0 Å². The molecule has 1 aliphatic heterocycles. The summed E-state index contributed by atoms with van der Waals surface area (Å²) in [5, 5.41) is 11.7. The largest absolute Gasteiger partial charge is 0.446 e. The van der Waals surface area contributed by atoms with Gasteiger partial charge in [0.05, 0.1) is 6.07 Å². The molecule has 0 aromatic carbocycles. The predicted molar refractivity (Wildman–Crippen MR) is 45.7 cm³/mol. The number of amides is 1. The van der Waals surface area contributed by atoms with E-state index < -0.39 is 6.09 Å². The first-order valence-corrected chi connectivity index (χ1v) is 4.27. The van der Waals surface area contributed by atoms with E-state index in [9.17, 15) is 4.79 Å². The summed E-state index contributed by atoms with van der Waals surface area (Å²) < 4.78 is 4.90. The van der Waals surface area contributed by atoms with Crippen molar-refractivity contribution >= 4 is 6.09 Å². The molecule has 0 spiro atoms. The molecule has 1 saturated heterocycles. The highest BCUT2D eigenvalue weighted by Gasteiger charge is 2.27. The number of nitrogens with zero attached hydrogens (tertiary/aromatic N) is 1. The maximum Gasteiger partial charge on any atom is 0.404 e. The lowest BCUT2D eigenvalue weighted by Gasteiger charge is -2.29. The Bertz CT molecular complexity index is 224. The first-order valence-electron chi connectivity index (χ1n) is 4.27. The average Bonchev–Trinajstić information content (AvgIpc) is 2.08. The molecule has 0 aromatic rings. The van der Waals surface area contributed by atoms with Crippen molar-refractivity contribution in [3.8, 4) is 6.07 Å². The number of nitrogens with one attached hydrogen (secondary N) is 1. The lowest BCUT2D eigenvalue weighted by Crippen LogP contribution is -2.42. The van der Waals surface area contributed by atoms with E-state index in [2.05, 4.69) is 11.4 Å². The van der Waals surface area contributed by atoms with Crippen molar-refractivity contribution in [2.24, 2.45) is 11.7 Å². The van der Waals surface area contributed by atoms with Crippen molar-refractivity contribution in [3.63, 3.8) is 0 Å². The molecule has 0 saturated carbocycles. The number of ether oxygens (including phenoxy) is 1. The highest BCUT2D eigenvalue weighted by molar-refractivity contribution is 5.64. The summed E-state index contributed by atoms with van der Waals surface area (Å²) in [5.41, 5.74) is 4.92. The number of hydrogen-bond acceptors (Lipinski definition) is 4. The van der Waals surface area contributed by atoms with E-state index in [1.807, 2.05) is 0 Å². The first kappa shape index (κ1) is 9.81. The van der Waals surface area contributed by atoms with Crippen LogP contribution >= 0.6 is 0 Å². The van der Waals surface area contributed by atoms with Crippen LogP contribution < -0.4 is 11.1 Å². The summed E-state index contributed by atoms with van der Waals surface area (Å²) in [6, 6.07) is 2.07. The molecular formula is C8H13N3O2. The third-order valence-electron chi connectivity index (χ3n) is 2.16. The van der Waals surface area contributed by atoms with Gasteiger partial charge in [0.2, 0.25) is 0 Å². The number of carbonyl (C=O) groups is 1. The Morgan fingerprint density at radius 1 is 1.77 bits per heavy atom. The summed E-state index contributed by atoms with van der Waals surface area (Å²) in [6.45, 7) is 1.52. The zero-order chi connectivity index (χ0) is 9.68. The topological polar surface area (TPSA) is 88.1 Å². The molecule has 0 aliphatic carbocycles. The van der Waals surface area contributed by atoms with E-state index in [0.29, 0.717) is 13.0 Å². The van der Waals surface area contributed by atoms with E-state index in [-0.39, 0.29) is 12.0 Å². The molecule has 1 amide bonds. The number of carbonyl (C=O) groups excluding carboxylic acids is 1. The normalized spacial score (nSPS) is 27.6. The van der Waals surface area contributed by atoms with E-state index in [4.69, 9.17) is 15.7 Å². The van der Waals surface area contributed by atoms with E-state index in [1.54, 1.807) is 0 Å². The molecule has 5 heteroatoms. The number of rotatable bonds is 2. The molecule has 0 bridgehead atoms. The third kappa shape index (κ3) is 2.92. The van der Waals surface area contributed by atoms with Gasteiger partial charge >= 0.3 is 6.09 Å². The molecule has 1 rings (SSSR count). The minimum Gasteiger partial charge on any atom is -0.446 e. The van der Waals surface area contributed by atoms with Crippen LogP contribution in [0.5, 0.6) is 0 Å². The molecule has 1 aliphatic rings. The molecular weight excluding hydrogens is 170 g/mol. The quantitative estimate of drug-likeness (QED) is 0.629. The molecule has 3 N–H and O–H groups in total.